The number of aliphatic imine (C=N–C) groups is 1. The maximum atomic E-state index is 12.8. The third-order valence-corrected chi connectivity index (χ3v) is 4.32. The molecule has 1 saturated heterocycles. The fourth-order valence-electron chi connectivity index (χ4n) is 2.93. The molecule has 0 bridgehead atoms. The molecule has 2 rings (SSSR count). The van der Waals surface area contributed by atoms with Crippen molar-refractivity contribution in [1.29, 1.82) is 0 Å². The molecule has 6 nitrogen and oxygen atoms in total. The summed E-state index contributed by atoms with van der Waals surface area (Å²) in [6.45, 7) is 7.97. The summed E-state index contributed by atoms with van der Waals surface area (Å²) in [6.07, 6.45) is -4.37. The summed E-state index contributed by atoms with van der Waals surface area (Å²) in [5.74, 6) is 0.446. The van der Waals surface area contributed by atoms with Crippen molar-refractivity contribution < 1.29 is 23.0 Å². The molecule has 158 valence electrons. The lowest BCUT2D eigenvalue weighted by Gasteiger charge is -2.34. The molecule has 28 heavy (non-hydrogen) atoms. The standard InChI is InChI=1S/C19H29F3N4O2/c1-3-23-17(24-12-15-5-4-6-16(11-15)19(20,21)22)25-13-18(2,27)14-26-7-9-28-10-8-26/h4-6,11,27H,3,7-10,12-14H2,1-2H3,(H2,23,24,25). The Bertz CT molecular complexity index is 644. The van der Waals surface area contributed by atoms with Crippen LogP contribution in [0, 0.1) is 0 Å². The second-order valence-electron chi connectivity index (χ2n) is 7.13. The normalized spacial score (nSPS) is 18.6. The number of hydrogen-bond donors (Lipinski definition) is 3. The molecular formula is C19H29F3N4O2. The zero-order valence-electron chi connectivity index (χ0n) is 16.4. The summed E-state index contributed by atoms with van der Waals surface area (Å²) < 4.78 is 43.8. The van der Waals surface area contributed by atoms with Crippen LogP contribution < -0.4 is 10.6 Å². The van der Waals surface area contributed by atoms with Gasteiger partial charge in [0.25, 0.3) is 0 Å². The van der Waals surface area contributed by atoms with Crippen molar-refractivity contribution in [3.05, 3.63) is 35.4 Å². The average Bonchev–Trinajstić information content (AvgIpc) is 2.64. The predicted molar refractivity (Wildman–Crippen MR) is 102 cm³/mol. The van der Waals surface area contributed by atoms with Gasteiger partial charge in [-0.05, 0) is 31.5 Å². The van der Waals surface area contributed by atoms with Crippen LogP contribution in [0.5, 0.6) is 0 Å². The van der Waals surface area contributed by atoms with Crippen molar-refractivity contribution in [2.45, 2.75) is 32.2 Å². The lowest BCUT2D eigenvalue weighted by atomic mass is 10.1. The molecule has 1 aromatic carbocycles. The lowest BCUT2D eigenvalue weighted by Crippen LogP contribution is -2.52. The molecular weight excluding hydrogens is 373 g/mol. The van der Waals surface area contributed by atoms with E-state index in [4.69, 9.17) is 4.74 Å². The van der Waals surface area contributed by atoms with Crippen molar-refractivity contribution in [2.75, 3.05) is 45.9 Å². The van der Waals surface area contributed by atoms with Gasteiger partial charge < -0.3 is 20.5 Å². The summed E-state index contributed by atoms with van der Waals surface area (Å²) in [7, 11) is 0. The molecule has 9 heteroatoms. The molecule has 1 aromatic rings. The molecule has 1 aliphatic heterocycles. The smallest absolute Gasteiger partial charge is 0.387 e. The summed E-state index contributed by atoms with van der Waals surface area (Å²) in [5.41, 5.74) is -1.21. The van der Waals surface area contributed by atoms with Gasteiger partial charge in [0.05, 0.1) is 30.9 Å². The first-order valence-electron chi connectivity index (χ1n) is 9.40. The van der Waals surface area contributed by atoms with Gasteiger partial charge in [0.1, 0.15) is 0 Å². The number of hydrogen-bond acceptors (Lipinski definition) is 4. The second-order valence-corrected chi connectivity index (χ2v) is 7.13. The molecule has 3 N–H and O–H groups in total. The Kier molecular flexibility index (Phi) is 8.09. The fraction of sp³-hybridized carbons (Fsp3) is 0.632. The molecule has 0 saturated carbocycles. The highest BCUT2D eigenvalue weighted by molar-refractivity contribution is 5.79. The van der Waals surface area contributed by atoms with Crippen molar-refractivity contribution in [3.63, 3.8) is 0 Å². The summed E-state index contributed by atoms with van der Waals surface area (Å²) >= 11 is 0. The topological polar surface area (TPSA) is 69.1 Å². The summed E-state index contributed by atoms with van der Waals surface area (Å²) in [5, 5.41) is 16.8. The number of nitrogens with zero attached hydrogens (tertiary/aromatic N) is 2. The van der Waals surface area contributed by atoms with Crippen LogP contribution in [0.3, 0.4) is 0 Å². The maximum Gasteiger partial charge on any atom is 0.416 e. The Morgan fingerprint density at radius 2 is 1.96 bits per heavy atom. The van der Waals surface area contributed by atoms with Gasteiger partial charge in [-0.3, -0.25) is 4.90 Å². The largest absolute Gasteiger partial charge is 0.416 e. The van der Waals surface area contributed by atoms with Crippen molar-refractivity contribution in [2.24, 2.45) is 4.99 Å². The third kappa shape index (κ3) is 7.65. The minimum atomic E-state index is -4.37. The minimum absolute atomic E-state index is 0.102. The van der Waals surface area contributed by atoms with E-state index >= 15 is 0 Å². The Morgan fingerprint density at radius 3 is 2.61 bits per heavy atom. The quantitative estimate of drug-likeness (QED) is 0.480. The van der Waals surface area contributed by atoms with Crippen LogP contribution in [-0.4, -0.2) is 67.5 Å². The number of nitrogens with one attached hydrogen (secondary N) is 2. The van der Waals surface area contributed by atoms with Gasteiger partial charge in [0.2, 0.25) is 0 Å². The van der Waals surface area contributed by atoms with Crippen molar-refractivity contribution in [3.8, 4) is 0 Å². The highest BCUT2D eigenvalue weighted by Gasteiger charge is 2.30. The number of benzene rings is 1. The monoisotopic (exact) mass is 402 g/mol. The highest BCUT2D eigenvalue weighted by Crippen LogP contribution is 2.29. The first-order chi connectivity index (χ1) is 13.2. The van der Waals surface area contributed by atoms with E-state index in [1.165, 1.54) is 6.07 Å². The van der Waals surface area contributed by atoms with Crippen LogP contribution in [0.15, 0.2) is 29.3 Å². The van der Waals surface area contributed by atoms with E-state index in [0.717, 1.165) is 25.2 Å². The first-order valence-corrected chi connectivity index (χ1v) is 9.40. The van der Waals surface area contributed by atoms with Gasteiger partial charge in [0, 0.05) is 32.7 Å². The Labute approximate surface area is 163 Å². The predicted octanol–water partition coefficient (Wildman–Crippen LogP) is 1.84. The SMILES string of the molecule is CCNC(=NCc1cccc(C(F)(F)F)c1)NCC(C)(O)CN1CCOCC1. The lowest BCUT2D eigenvalue weighted by molar-refractivity contribution is -0.137. The number of β-amino-alcohol motifs (C(OH)–C–C–N with tert-alkyl or cyclic N) is 1. The molecule has 0 radical (unpaired) electrons. The van der Waals surface area contributed by atoms with Crippen molar-refractivity contribution >= 4 is 5.96 Å². The molecule has 0 spiro atoms. The van der Waals surface area contributed by atoms with Crippen LogP contribution in [0.25, 0.3) is 0 Å². The Morgan fingerprint density at radius 1 is 1.25 bits per heavy atom. The second kappa shape index (κ2) is 10.1. The molecule has 0 aromatic heterocycles. The number of halogens is 3. The van der Waals surface area contributed by atoms with E-state index < -0.39 is 17.3 Å². The molecule has 1 aliphatic rings. The van der Waals surface area contributed by atoms with E-state index in [1.807, 2.05) is 6.92 Å². The van der Waals surface area contributed by atoms with E-state index in [2.05, 4.69) is 20.5 Å². The highest BCUT2D eigenvalue weighted by atomic mass is 19.4. The van der Waals surface area contributed by atoms with Crippen LogP contribution in [0.2, 0.25) is 0 Å². The number of guanidine groups is 1. The van der Waals surface area contributed by atoms with Crippen LogP contribution >= 0.6 is 0 Å². The zero-order chi connectivity index (χ0) is 20.6. The number of rotatable bonds is 7. The van der Waals surface area contributed by atoms with Gasteiger partial charge in [0.15, 0.2) is 5.96 Å². The first kappa shape index (κ1) is 22.4. The van der Waals surface area contributed by atoms with Crippen LogP contribution in [0.1, 0.15) is 25.0 Å². The Hall–Kier alpha value is -1.84. The number of morpholine rings is 1. The van der Waals surface area contributed by atoms with Gasteiger partial charge in [-0.2, -0.15) is 13.2 Å². The summed E-state index contributed by atoms with van der Waals surface area (Å²) in [4.78, 5) is 6.48. The minimum Gasteiger partial charge on any atom is -0.387 e. The van der Waals surface area contributed by atoms with E-state index in [9.17, 15) is 18.3 Å². The molecule has 1 fully saturated rings. The summed E-state index contributed by atoms with van der Waals surface area (Å²) in [6, 6.07) is 5.12. The van der Waals surface area contributed by atoms with Gasteiger partial charge in [-0.25, -0.2) is 4.99 Å². The maximum absolute atomic E-state index is 12.8. The average molecular weight is 402 g/mol. The Balaban J connectivity index is 1.94. The molecule has 1 heterocycles. The molecule has 0 amide bonds. The third-order valence-electron chi connectivity index (χ3n) is 4.32. The molecule has 1 atom stereocenters. The van der Waals surface area contributed by atoms with E-state index in [-0.39, 0.29) is 13.1 Å². The van der Waals surface area contributed by atoms with Gasteiger partial charge in [-0.1, -0.05) is 12.1 Å². The van der Waals surface area contributed by atoms with E-state index in [0.29, 0.717) is 37.8 Å². The van der Waals surface area contributed by atoms with Crippen molar-refractivity contribution in [1.82, 2.24) is 15.5 Å². The fourth-order valence-corrected chi connectivity index (χ4v) is 2.93. The van der Waals surface area contributed by atoms with Gasteiger partial charge >= 0.3 is 6.18 Å². The number of aliphatic hydroxyl groups is 1. The zero-order valence-corrected chi connectivity index (χ0v) is 16.4. The number of alkyl halides is 3. The van der Waals surface area contributed by atoms with Crippen LogP contribution in [-0.2, 0) is 17.5 Å². The molecule has 1 unspecified atom stereocenters. The molecule has 0 aliphatic carbocycles. The van der Waals surface area contributed by atoms with Crippen LogP contribution in [0.4, 0.5) is 13.2 Å². The number of ether oxygens (including phenoxy) is 1. The van der Waals surface area contributed by atoms with E-state index in [1.54, 1.807) is 13.0 Å². The van der Waals surface area contributed by atoms with Gasteiger partial charge in [-0.15, -0.1) is 0 Å².